The molecule has 4 aromatic rings. The SMILES string of the molecule is CC(C)(C)N(Cc1ccccc1)C(=O)CSc1nc2ccccc2c(=O)n1-c1ccc(C#N)cc1. The third-order valence-corrected chi connectivity index (χ3v) is 6.54. The highest BCUT2D eigenvalue weighted by Crippen LogP contribution is 2.24. The molecule has 0 aliphatic heterocycles. The fraction of sp³-hybridized carbons (Fsp3) is 0.214. The largest absolute Gasteiger partial charge is 0.333 e. The van der Waals surface area contributed by atoms with Gasteiger partial charge in [-0.3, -0.25) is 14.2 Å². The Morgan fingerprint density at radius 2 is 1.66 bits per heavy atom. The van der Waals surface area contributed by atoms with Crippen molar-refractivity contribution in [3.05, 3.63) is 100 Å². The van der Waals surface area contributed by atoms with E-state index < -0.39 is 0 Å². The van der Waals surface area contributed by atoms with E-state index in [2.05, 4.69) is 6.07 Å². The summed E-state index contributed by atoms with van der Waals surface area (Å²) in [6.45, 7) is 6.54. The summed E-state index contributed by atoms with van der Waals surface area (Å²) in [7, 11) is 0. The van der Waals surface area contributed by atoms with E-state index in [-0.39, 0.29) is 22.8 Å². The van der Waals surface area contributed by atoms with Crippen molar-refractivity contribution < 1.29 is 4.79 Å². The molecule has 0 atom stereocenters. The normalized spacial score (nSPS) is 11.3. The second-order valence-corrected chi connectivity index (χ2v) is 10.1. The van der Waals surface area contributed by atoms with Gasteiger partial charge in [-0.1, -0.05) is 54.2 Å². The van der Waals surface area contributed by atoms with Crippen molar-refractivity contribution in [2.24, 2.45) is 0 Å². The molecule has 0 bridgehead atoms. The Kier molecular flexibility index (Phi) is 7.04. The maximum Gasteiger partial charge on any atom is 0.266 e. The molecule has 7 heteroatoms. The van der Waals surface area contributed by atoms with Gasteiger partial charge in [-0.15, -0.1) is 0 Å². The molecule has 0 spiro atoms. The van der Waals surface area contributed by atoms with Gasteiger partial charge in [0, 0.05) is 12.1 Å². The van der Waals surface area contributed by atoms with Crippen LogP contribution in [0, 0.1) is 11.3 Å². The topological polar surface area (TPSA) is 79.0 Å². The van der Waals surface area contributed by atoms with Crippen LogP contribution in [-0.4, -0.2) is 31.6 Å². The summed E-state index contributed by atoms with van der Waals surface area (Å²) in [4.78, 5) is 33.4. The van der Waals surface area contributed by atoms with E-state index in [0.717, 1.165) is 5.56 Å². The van der Waals surface area contributed by atoms with Crippen LogP contribution in [0.15, 0.2) is 88.8 Å². The van der Waals surface area contributed by atoms with Gasteiger partial charge in [0.2, 0.25) is 5.91 Å². The molecular formula is C28H26N4O2S. The molecule has 0 radical (unpaired) electrons. The summed E-state index contributed by atoms with van der Waals surface area (Å²) in [6, 6.07) is 25.9. The van der Waals surface area contributed by atoms with E-state index in [1.165, 1.54) is 16.3 Å². The van der Waals surface area contributed by atoms with E-state index in [0.29, 0.717) is 33.9 Å². The number of amides is 1. The summed E-state index contributed by atoms with van der Waals surface area (Å²) < 4.78 is 1.51. The predicted molar refractivity (Wildman–Crippen MR) is 140 cm³/mol. The first-order valence-electron chi connectivity index (χ1n) is 11.3. The first-order valence-corrected chi connectivity index (χ1v) is 12.3. The van der Waals surface area contributed by atoms with Crippen molar-refractivity contribution in [1.82, 2.24) is 14.5 Å². The highest BCUT2D eigenvalue weighted by Gasteiger charge is 2.27. The number of fused-ring (bicyclic) bond motifs is 1. The molecule has 3 aromatic carbocycles. The standard InChI is InChI=1S/C28H26N4O2S/c1-28(2,3)31(18-21-9-5-4-6-10-21)25(33)19-35-27-30-24-12-8-7-11-23(24)26(34)32(27)22-15-13-20(17-29)14-16-22/h4-16H,18-19H2,1-3H3. The van der Waals surface area contributed by atoms with E-state index in [4.69, 9.17) is 10.2 Å². The number of hydrogen-bond donors (Lipinski definition) is 0. The fourth-order valence-corrected chi connectivity index (χ4v) is 4.68. The minimum Gasteiger partial charge on any atom is -0.333 e. The van der Waals surface area contributed by atoms with Gasteiger partial charge in [0.25, 0.3) is 5.56 Å². The number of carbonyl (C=O) groups excluding carboxylic acids is 1. The van der Waals surface area contributed by atoms with Crippen molar-refractivity contribution in [3.63, 3.8) is 0 Å². The number of thioether (sulfide) groups is 1. The molecule has 0 saturated heterocycles. The number of aromatic nitrogens is 2. The second-order valence-electron chi connectivity index (χ2n) is 9.14. The molecule has 0 saturated carbocycles. The minimum absolute atomic E-state index is 0.0415. The molecule has 0 unspecified atom stereocenters. The molecule has 0 N–H and O–H groups in total. The van der Waals surface area contributed by atoms with Crippen LogP contribution in [0.5, 0.6) is 0 Å². The van der Waals surface area contributed by atoms with Crippen molar-refractivity contribution in [1.29, 1.82) is 5.26 Å². The Balaban J connectivity index is 1.69. The minimum atomic E-state index is -0.378. The van der Waals surface area contributed by atoms with Gasteiger partial charge >= 0.3 is 0 Å². The monoisotopic (exact) mass is 482 g/mol. The molecule has 35 heavy (non-hydrogen) atoms. The zero-order valence-electron chi connectivity index (χ0n) is 19.9. The lowest BCUT2D eigenvalue weighted by Gasteiger charge is -2.36. The third kappa shape index (κ3) is 5.44. The van der Waals surface area contributed by atoms with Gasteiger partial charge in [-0.2, -0.15) is 5.26 Å². The quantitative estimate of drug-likeness (QED) is 0.280. The maximum absolute atomic E-state index is 13.4. The van der Waals surface area contributed by atoms with Crippen LogP contribution in [-0.2, 0) is 11.3 Å². The van der Waals surface area contributed by atoms with Crippen molar-refractivity contribution >= 4 is 28.6 Å². The summed E-state index contributed by atoms with van der Waals surface area (Å²) in [6.07, 6.45) is 0. The molecular weight excluding hydrogens is 456 g/mol. The van der Waals surface area contributed by atoms with Crippen LogP contribution in [0.3, 0.4) is 0 Å². The molecule has 4 rings (SSSR count). The average Bonchev–Trinajstić information content (AvgIpc) is 2.86. The van der Waals surface area contributed by atoms with E-state index in [1.807, 2.05) is 62.1 Å². The Morgan fingerprint density at radius 1 is 1.00 bits per heavy atom. The lowest BCUT2D eigenvalue weighted by atomic mass is 10.0. The molecule has 1 aromatic heterocycles. The number of hydrogen-bond acceptors (Lipinski definition) is 5. The molecule has 1 amide bonds. The smallest absolute Gasteiger partial charge is 0.266 e. The Hall–Kier alpha value is -3.89. The Morgan fingerprint density at radius 3 is 2.31 bits per heavy atom. The zero-order valence-corrected chi connectivity index (χ0v) is 20.7. The number of para-hydroxylation sites is 1. The molecule has 0 aliphatic carbocycles. The van der Waals surface area contributed by atoms with Crippen molar-refractivity contribution in [2.45, 2.75) is 38.0 Å². The van der Waals surface area contributed by atoms with Crippen LogP contribution in [0.4, 0.5) is 0 Å². The van der Waals surface area contributed by atoms with E-state index in [9.17, 15) is 9.59 Å². The summed E-state index contributed by atoms with van der Waals surface area (Å²) in [5.41, 5.74) is 2.14. The third-order valence-electron chi connectivity index (χ3n) is 5.62. The van der Waals surface area contributed by atoms with Gasteiger partial charge in [0.15, 0.2) is 5.16 Å². The second kappa shape index (κ2) is 10.2. The average molecular weight is 483 g/mol. The van der Waals surface area contributed by atoms with Crippen LogP contribution in [0.2, 0.25) is 0 Å². The van der Waals surface area contributed by atoms with E-state index in [1.54, 1.807) is 42.5 Å². The van der Waals surface area contributed by atoms with E-state index >= 15 is 0 Å². The lowest BCUT2D eigenvalue weighted by molar-refractivity contribution is -0.133. The number of nitriles is 1. The van der Waals surface area contributed by atoms with Gasteiger partial charge < -0.3 is 4.90 Å². The van der Waals surface area contributed by atoms with Crippen LogP contribution < -0.4 is 5.56 Å². The van der Waals surface area contributed by atoms with Crippen LogP contribution in [0.1, 0.15) is 31.9 Å². The number of benzene rings is 3. The fourth-order valence-electron chi connectivity index (χ4n) is 3.79. The molecule has 176 valence electrons. The van der Waals surface area contributed by atoms with Gasteiger partial charge in [0.05, 0.1) is 34.0 Å². The van der Waals surface area contributed by atoms with Gasteiger partial charge in [-0.05, 0) is 62.7 Å². The highest BCUT2D eigenvalue weighted by atomic mass is 32.2. The lowest BCUT2D eigenvalue weighted by Crippen LogP contribution is -2.46. The Bertz CT molecular complexity index is 1450. The Labute approximate surface area is 208 Å². The molecule has 1 heterocycles. The molecule has 0 fully saturated rings. The zero-order chi connectivity index (χ0) is 25.0. The molecule has 6 nitrogen and oxygen atoms in total. The van der Waals surface area contributed by atoms with Gasteiger partial charge in [-0.25, -0.2) is 4.98 Å². The number of rotatable bonds is 6. The molecule has 0 aliphatic rings. The van der Waals surface area contributed by atoms with Gasteiger partial charge in [0.1, 0.15) is 0 Å². The summed E-state index contributed by atoms with van der Waals surface area (Å²) in [5.74, 6) is 0.0886. The summed E-state index contributed by atoms with van der Waals surface area (Å²) in [5, 5.41) is 10.1. The first kappa shape index (κ1) is 24.2. The predicted octanol–water partition coefficient (Wildman–Crippen LogP) is 5.18. The number of carbonyl (C=O) groups is 1. The number of nitrogens with zero attached hydrogens (tertiary/aromatic N) is 4. The van der Waals surface area contributed by atoms with Crippen LogP contribution in [0.25, 0.3) is 16.6 Å². The van der Waals surface area contributed by atoms with Crippen LogP contribution >= 0.6 is 11.8 Å². The van der Waals surface area contributed by atoms with Crippen molar-refractivity contribution in [3.8, 4) is 11.8 Å². The maximum atomic E-state index is 13.4. The van der Waals surface area contributed by atoms with Crippen molar-refractivity contribution in [2.75, 3.05) is 5.75 Å². The summed E-state index contributed by atoms with van der Waals surface area (Å²) >= 11 is 1.24. The first-order chi connectivity index (χ1) is 16.8. The highest BCUT2D eigenvalue weighted by molar-refractivity contribution is 7.99.